The maximum Gasteiger partial charge on any atom is 0.327 e. The minimum atomic E-state index is -0.00403. The van der Waals surface area contributed by atoms with Crippen molar-refractivity contribution < 1.29 is 9.59 Å². The summed E-state index contributed by atoms with van der Waals surface area (Å²) in [7, 11) is 0. The van der Waals surface area contributed by atoms with E-state index in [1.807, 2.05) is 4.90 Å². The van der Waals surface area contributed by atoms with Gasteiger partial charge in [0.05, 0.1) is 0 Å². The number of imide groups is 1. The Hall–Kier alpha value is -1.06. The van der Waals surface area contributed by atoms with Crippen LogP contribution in [0.2, 0.25) is 0 Å². The van der Waals surface area contributed by atoms with Gasteiger partial charge in [0, 0.05) is 25.0 Å². The molecule has 2 aliphatic carbocycles. The molecule has 0 bridgehead atoms. The quantitative estimate of drug-likeness (QED) is 0.737. The molecular formula is C13H20N2O2. The van der Waals surface area contributed by atoms with Crippen molar-refractivity contribution in [2.45, 2.75) is 63.5 Å². The van der Waals surface area contributed by atoms with Gasteiger partial charge in [-0.05, 0) is 25.7 Å². The van der Waals surface area contributed by atoms with E-state index < -0.39 is 0 Å². The largest absolute Gasteiger partial charge is 0.327 e. The molecule has 1 aliphatic heterocycles. The summed E-state index contributed by atoms with van der Waals surface area (Å²) < 4.78 is 0. The molecular weight excluding hydrogens is 216 g/mol. The summed E-state index contributed by atoms with van der Waals surface area (Å²) in [6, 6.07) is 0.614. The van der Waals surface area contributed by atoms with Gasteiger partial charge in [-0.2, -0.15) is 0 Å². The van der Waals surface area contributed by atoms with Gasteiger partial charge in [0.2, 0.25) is 5.91 Å². The van der Waals surface area contributed by atoms with Crippen LogP contribution in [0.15, 0.2) is 0 Å². The van der Waals surface area contributed by atoms with E-state index in [-0.39, 0.29) is 18.0 Å². The summed E-state index contributed by atoms with van der Waals surface area (Å²) in [5.74, 6) is 0.0544. The fourth-order valence-electron chi connectivity index (χ4n) is 3.10. The minimum Gasteiger partial charge on any atom is -0.321 e. The van der Waals surface area contributed by atoms with Crippen LogP contribution >= 0.6 is 0 Å². The molecule has 0 spiro atoms. The van der Waals surface area contributed by atoms with Gasteiger partial charge in [0.25, 0.3) is 0 Å². The van der Waals surface area contributed by atoms with E-state index >= 15 is 0 Å². The van der Waals surface area contributed by atoms with Gasteiger partial charge < -0.3 is 4.90 Å². The molecule has 0 N–H and O–H groups in total. The van der Waals surface area contributed by atoms with Crippen molar-refractivity contribution in [1.29, 1.82) is 0 Å². The molecule has 3 amide bonds. The predicted octanol–water partition coefficient (Wildman–Crippen LogP) is 2.14. The monoisotopic (exact) mass is 236 g/mol. The van der Waals surface area contributed by atoms with Crippen LogP contribution < -0.4 is 0 Å². The van der Waals surface area contributed by atoms with Crippen LogP contribution in [0, 0.1) is 0 Å². The molecule has 2 saturated carbocycles. The molecule has 1 saturated heterocycles. The minimum absolute atomic E-state index is 0.00403. The molecule has 3 aliphatic rings. The molecule has 3 fully saturated rings. The van der Waals surface area contributed by atoms with Crippen molar-refractivity contribution in [2.24, 2.45) is 0 Å². The van der Waals surface area contributed by atoms with Crippen LogP contribution in [0.1, 0.15) is 51.4 Å². The van der Waals surface area contributed by atoms with Crippen molar-refractivity contribution in [2.75, 3.05) is 6.54 Å². The first-order chi connectivity index (χ1) is 8.27. The molecule has 0 aromatic rings. The highest BCUT2D eigenvalue weighted by Crippen LogP contribution is 2.32. The lowest BCUT2D eigenvalue weighted by atomic mass is 9.93. The predicted molar refractivity (Wildman–Crippen MR) is 63.5 cm³/mol. The fraction of sp³-hybridized carbons (Fsp3) is 0.846. The van der Waals surface area contributed by atoms with E-state index in [9.17, 15) is 9.59 Å². The average molecular weight is 236 g/mol. The zero-order valence-electron chi connectivity index (χ0n) is 10.2. The normalized spacial score (nSPS) is 27.8. The first-order valence-electron chi connectivity index (χ1n) is 6.90. The maximum absolute atomic E-state index is 12.3. The van der Waals surface area contributed by atoms with Crippen molar-refractivity contribution in [3.05, 3.63) is 0 Å². The third kappa shape index (κ3) is 2.05. The van der Waals surface area contributed by atoms with Gasteiger partial charge >= 0.3 is 6.03 Å². The van der Waals surface area contributed by atoms with Gasteiger partial charge in [-0.25, -0.2) is 4.79 Å². The van der Waals surface area contributed by atoms with E-state index in [1.165, 1.54) is 6.42 Å². The number of nitrogens with zero attached hydrogens (tertiary/aromatic N) is 2. The molecule has 0 aromatic heterocycles. The first kappa shape index (κ1) is 11.1. The number of carbonyl (C=O) groups excluding carboxylic acids is 2. The third-order valence-corrected chi connectivity index (χ3v) is 4.21. The Labute approximate surface area is 102 Å². The third-order valence-electron chi connectivity index (χ3n) is 4.21. The van der Waals surface area contributed by atoms with Crippen molar-refractivity contribution in [3.8, 4) is 0 Å². The number of urea groups is 1. The topological polar surface area (TPSA) is 40.6 Å². The molecule has 0 unspecified atom stereocenters. The second-order valence-electron chi connectivity index (χ2n) is 5.51. The molecule has 3 rings (SSSR count). The zero-order valence-corrected chi connectivity index (χ0v) is 10.2. The van der Waals surface area contributed by atoms with E-state index in [0.717, 1.165) is 38.5 Å². The number of amides is 3. The Morgan fingerprint density at radius 3 is 2.24 bits per heavy atom. The highest BCUT2D eigenvalue weighted by molar-refractivity contribution is 5.97. The second kappa shape index (κ2) is 4.31. The lowest BCUT2D eigenvalue weighted by Gasteiger charge is -2.40. The standard InChI is InChI=1S/C13H20N2O2/c16-12-8-9-14(10-6-7-10)13(17)15(12)11-4-2-1-3-5-11/h10-11H,1-9H2. The average Bonchev–Trinajstić information content (AvgIpc) is 3.15. The SMILES string of the molecule is O=C1CCN(C2CC2)C(=O)N1C1CCCCC1. The van der Waals surface area contributed by atoms with E-state index in [4.69, 9.17) is 0 Å². The smallest absolute Gasteiger partial charge is 0.321 e. The van der Waals surface area contributed by atoms with E-state index in [0.29, 0.717) is 19.0 Å². The molecule has 17 heavy (non-hydrogen) atoms. The first-order valence-corrected chi connectivity index (χ1v) is 6.90. The summed E-state index contributed by atoms with van der Waals surface area (Å²) in [4.78, 5) is 27.8. The maximum atomic E-state index is 12.3. The van der Waals surface area contributed by atoms with Crippen molar-refractivity contribution in [3.63, 3.8) is 0 Å². The number of hydrogen-bond donors (Lipinski definition) is 0. The summed E-state index contributed by atoms with van der Waals surface area (Å²) in [5, 5.41) is 0. The van der Waals surface area contributed by atoms with E-state index in [2.05, 4.69) is 0 Å². The Morgan fingerprint density at radius 2 is 1.59 bits per heavy atom. The number of carbonyl (C=O) groups is 2. The molecule has 4 heteroatoms. The number of hydrogen-bond acceptors (Lipinski definition) is 2. The summed E-state index contributed by atoms with van der Waals surface area (Å²) >= 11 is 0. The summed E-state index contributed by atoms with van der Waals surface area (Å²) in [6.45, 7) is 0.644. The van der Waals surface area contributed by atoms with Crippen LogP contribution in [0.3, 0.4) is 0 Å². The van der Waals surface area contributed by atoms with E-state index in [1.54, 1.807) is 4.90 Å². The lowest BCUT2D eigenvalue weighted by Crippen LogP contribution is -2.57. The van der Waals surface area contributed by atoms with Crippen molar-refractivity contribution in [1.82, 2.24) is 9.80 Å². The fourth-order valence-corrected chi connectivity index (χ4v) is 3.10. The van der Waals surface area contributed by atoms with Gasteiger partial charge in [-0.3, -0.25) is 9.69 Å². The van der Waals surface area contributed by atoms with Crippen LogP contribution in [0.25, 0.3) is 0 Å². The Morgan fingerprint density at radius 1 is 0.882 bits per heavy atom. The Kier molecular flexibility index (Phi) is 2.81. The highest BCUT2D eigenvalue weighted by Gasteiger charge is 2.42. The molecule has 4 nitrogen and oxygen atoms in total. The molecule has 0 atom stereocenters. The highest BCUT2D eigenvalue weighted by atomic mass is 16.2. The van der Waals surface area contributed by atoms with Crippen LogP contribution in [-0.2, 0) is 4.79 Å². The summed E-state index contributed by atoms with van der Waals surface area (Å²) in [6.07, 6.45) is 8.36. The molecule has 1 heterocycles. The van der Waals surface area contributed by atoms with Gasteiger partial charge in [-0.1, -0.05) is 19.3 Å². The van der Waals surface area contributed by atoms with Gasteiger partial charge in [0.15, 0.2) is 0 Å². The molecule has 0 aromatic carbocycles. The second-order valence-corrected chi connectivity index (χ2v) is 5.51. The summed E-state index contributed by atoms with van der Waals surface area (Å²) in [5.41, 5.74) is 0. The molecule has 94 valence electrons. The van der Waals surface area contributed by atoms with Gasteiger partial charge in [0.1, 0.15) is 0 Å². The Balaban J connectivity index is 1.74. The lowest BCUT2D eigenvalue weighted by molar-refractivity contribution is -0.133. The molecule has 0 radical (unpaired) electrons. The van der Waals surface area contributed by atoms with Crippen molar-refractivity contribution >= 4 is 11.9 Å². The van der Waals surface area contributed by atoms with Crippen LogP contribution in [-0.4, -0.2) is 40.4 Å². The van der Waals surface area contributed by atoms with Crippen LogP contribution in [0.5, 0.6) is 0 Å². The van der Waals surface area contributed by atoms with Gasteiger partial charge in [-0.15, -0.1) is 0 Å². The number of rotatable bonds is 2. The zero-order chi connectivity index (χ0) is 11.8. The Bertz CT molecular complexity index is 332. The van der Waals surface area contributed by atoms with Crippen LogP contribution in [0.4, 0.5) is 4.79 Å².